The van der Waals surface area contributed by atoms with Crippen molar-refractivity contribution in [2.75, 3.05) is 4.90 Å². The van der Waals surface area contributed by atoms with E-state index in [1.165, 1.54) is 66.8 Å². The van der Waals surface area contributed by atoms with Crippen molar-refractivity contribution < 1.29 is 0 Å². The average molecular weight is 666 g/mol. The first-order valence-corrected chi connectivity index (χ1v) is 18.1. The fourth-order valence-corrected chi connectivity index (χ4v) is 8.08. The Balaban J connectivity index is 1.19. The molecule has 0 fully saturated rings. The van der Waals surface area contributed by atoms with E-state index in [4.69, 9.17) is 0 Å². The van der Waals surface area contributed by atoms with Crippen LogP contribution in [0.25, 0.3) is 55.6 Å². The Labute approximate surface area is 307 Å². The van der Waals surface area contributed by atoms with Crippen LogP contribution in [0.3, 0.4) is 0 Å². The van der Waals surface area contributed by atoms with Crippen LogP contribution in [0.1, 0.15) is 25.0 Å². The third-order valence-corrected chi connectivity index (χ3v) is 10.6. The Kier molecular flexibility index (Phi) is 7.90. The largest absolute Gasteiger partial charge is 0.310 e. The molecule has 1 aliphatic rings. The molecule has 0 saturated carbocycles. The molecule has 52 heavy (non-hydrogen) atoms. The minimum Gasteiger partial charge on any atom is -0.310 e. The van der Waals surface area contributed by atoms with E-state index in [1.807, 2.05) is 0 Å². The van der Waals surface area contributed by atoms with Crippen LogP contribution in [0.2, 0.25) is 0 Å². The molecule has 1 heteroatoms. The van der Waals surface area contributed by atoms with Gasteiger partial charge in [0.2, 0.25) is 0 Å². The van der Waals surface area contributed by atoms with Crippen molar-refractivity contribution in [3.8, 4) is 55.6 Å². The molecular formula is C51H39N. The Hall–Kier alpha value is -6.44. The van der Waals surface area contributed by atoms with E-state index in [-0.39, 0.29) is 5.41 Å². The Morgan fingerprint density at radius 3 is 1.35 bits per heavy atom. The summed E-state index contributed by atoms with van der Waals surface area (Å²) in [5, 5.41) is 0. The van der Waals surface area contributed by atoms with Crippen molar-refractivity contribution >= 4 is 17.1 Å². The molecule has 0 N–H and O–H groups in total. The quantitative estimate of drug-likeness (QED) is 0.164. The van der Waals surface area contributed by atoms with E-state index in [1.54, 1.807) is 0 Å². The predicted octanol–water partition coefficient (Wildman–Crippen LogP) is 14.1. The lowest BCUT2D eigenvalue weighted by molar-refractivity contribution is 0.662. The van der Waals surface area contributed by atoms with Gasteiger partial charge in [-0.1, -0.05) is 166 Å². The smallest absolute Gasteiger partial charge is 0.0467 e. The van der Waals surface area contributed by atoms with Crippen molar-refractivity contribution in [3.63, 3.8) is 0 Å². The molecule has 1 nitrogen and oxygen atoms in total. The molecule has 9 rings (SSSR count). The highest BCUT2D eigenvalue weighted by Crippen LogP contribution is 2.53. The number of fused-ring (bicyclic) bond motifs is 3. The maximum Gasteiger partial charge on any atom is 0.0467 e. The lowest BCUT2D eigenvalue weighted by atomic mass is 9.78. The van der Waals surface area contributed by atoms with Gasteiger partial charge in [0.25, 0.3) is 0 Å². The Morgan fingerprint density at radius 2 is 0.769 bits per heavy atom. The zero-order valence-electron chi connectivity index (χ0n) is 29.5. The third-order valence-electron chi connectivity index (χ3n) is 10.6. The summed E-state index contributed by atoms with van der Waals surface area (Å²) < 4.78 is 0. The molecule has 1 aliphatic carbocycles. The minimum atomic E-state index is -0.105. The van der Waals surface area contributed by atoms with Crippen molar-refractivity contribution in [1.82, 2.24) is 0 Å². The van der Waals surface area contributed by atoms with E-state index in [0.29, 0.717) is 0 Å². The van der Waals surface area contributed by atoms with E-state index >= 15 is 0 Å². The number of nitrogens with zero attached hydrogens (tertiary/aromatic N) is 1. The van der Waals surface area contributed by atoms with Gasteiger partial charge in [-0.2, -0.15) is 0 Å². The third kappa shape index (κ3) is 5.61. The molecule has 0 aliphatic heterocycles. The van der Waals surface area contributed by atoms with Crippen molar-refractivity contribution in [2.45, 2.75) is 19.3 Å². The highest BCUT2D eigenvalue weighted by atomic mass is 15.1. The monoisotopic (exact) mass is 665 g/mol. The summed E-state index contributed by atoms with van der Waals surface area (Å²) >= 11 is 0. The molecule has 0 heterocycles. The lowest BCUT2D eigenvalue weighted by Gasteiger charge is -2.27. The number of hydrogen-bond acceptors (Lipinski definition) is 1. The number of anilines is 3. The molecule has 0 spiro atoms. The molecule has 0 atom stereocenters. The standard InChI is InChI=1S/C51H39N/c1-51(2)49-24-13-12-23-46(49)48-35-42(34-47(50(48)51)40-19-10-5-11-20-40)41-21-14-22-45(33-41)52(43-29-25-38(26-30-43)36-15-6-3-7-16-36)44-31-27-39(28-32-44)37-17-8-4-9-18-37/h3-35H,1-2H3. The summed E-state index contributed by atoms with van der Waals surface area (Å²) in [6.45, 7) is 4.74. The summed E-state index contributed by atoms with van der Waals surface area (Å²) in [5.74, 6) is 0. The topological polar surface area (TPSA) is 3.24 Å². The van der Waals surface area contributed by atoms with Crippen molar-refractivity contribution in [3.05, 3.63) is 211 Å². The van der Waals surface area contributed by atoms with Crippen LogP contribution in [-0.2, 0) is 5.41 Å². The van der Waals surface area contributed by atoms with Gasteiger partial charge in [0.05, 0.1) is 0 Å². The number of hydrogen-bond donors (Lipinski definition) is 0. The van der Waals surface area contributed by atoms with E-state index in [2.05, 4.69) is 219 Å². The average Bonchev–Trinajstić information content (AvgIpc) is 3.45. The molecule has 8 aromatic rings. The normalized spacial score (nSPS) is 12.6. The van der Waals surface area contributed by atoms with Crippen molar-refractivity contribution in [1.29, 1.82) is 0 Å². The maximum absolute atomic E-state index is 2.42. The second-order valence-electron chi connectivity index (χ2n) is 14.2. The number of rotatable bonds is 7. The highest BCUT2D eigenvalue weighted by molar-refractivity contribution is 5.93. The molecule has 0 unspecified atom stereocenters. The van der Waals surface area contributed by atoms with Gasteiger partial charge in [-0.25, -0.2) is 0 Å². The van der Waals surface area contributed by atoms with Crippen LogP contribution in [0.15, 0.2) is 200 Å². The lowest BCUT2D eigenvalue weighted by Crippen LogP contribution is -2.16. The van der Waals surface area contributed by atoms with E-state index in [9.17, 15) is 0 Å². The van der Waals surface area contributed by atoms with Gasteiger partial charge in [-0.05, 0) is 115 Å². The maximum atomic E-state index is 2.42. The van der Waals surface area contributed by atoms with E-state index in [0.717, 1.165) is 17.1 Å². The first-order valence-electron chi connectivity index (χ1n) is 18.1. The summed E-state index contributed by atoms with van der Waals surface area (Å²) in [7, 11) is 0. The summed E-state index contributed by atoms with van der Waals surface area (Å²) in [6, 6.07) is 72.7. The first-order chi connectivity index (χ1) is 25.5. The molecule has 0 bridgehead atoms. The van der Waals surface area contributed by atoms with Gasteiger partial charge in [-0.3, -0.25) is 0 Å². The molecular weight excluding hydrogens is 627 g/mol. The predicted molar refractivity (Wildman–Crippen MR) is 220 cm³/mol. The zero-order valence-corrected chi connectivity index (χ0v) is 29.5. The van der Waals surface area contributed by atoms with Crippen LogP contribution in [0, 0.1) is 0 Å². The van der Waals surface area contributed by atoms with Gasteiger partial charge in [-0.15, -0.1) is 0 Å². The summed E-state index contributed by atoms with van der Waals surface area (Å²) in [6.07, 6.45) is 0. The van der Waals surface area contributed by atoms with Gasteiger partial charge < -0.3 is 4.90 Å². The molecule has 0 radical (unpaired) electrons. The fraction of sp³-hybridized carbons (Fsp3) is 0.0588. The van der Waals surface area contributed by atoms with Crippen LogP contribution in [-0.4, -0.2) is 0 Å². The second kappa shape index (κ2) is 13.0. The van der Waals surface area contributed by atoms with E-state index < -0.39 is 0 Å². The van der Waals surface area contributed by atoms with Crippen LogP contribution < -0.4 is 4.90 Å². The molecule has 8 aromatic carbocycles. The zero-order chi connectivity index (χ0) is 35.1. The van der Waals surface area contributed by atoms with Gasteiger partial charge in [0, 0.05) is 22.5 Å². The van der Waals surface area contributed by atoms with Crippen LogP contribution in [0.5, 0.6) is 0 Å². The first kappa shape index (κ1) is 31.5. The van der Waals surface area contributed by atoms with Gasteiger partial charge in [0.1, 0.15) is 0 Å². The fourth-order valence-electron chi connectivity index (χ4n) is 8.08. The molecule has 0 amide bonds. The minimum absolute atomic E-state index is 0.105. The Bertz CT molecular complexity index is 2410. The molecule has 0 aromatic heterocycles. The van der Waals surface area contributed by atoms with Crippen molar-refractivity contribution in [2.24, 2.45) is 0 Å². The Morgan fingerprint density at radius 1 is 0.308 bits per heavy atom. The van der Waals surface area contributed by atoms with Crippen LogP contribution >= 0.6 is 0 Å². The molecule has 0 saturated heterocycles. The van der Waals surface area contributed by atoms with Gasteiger partial charge in [0.15, 0.2) is 0 Å². The highest BCUT2D eigenvalue weighted by Gasteiger charge is 2.37. The second-order valence-corrected chi connectivity index (χ2v) is 14.2. The summed E-state index contributed by atoms with van der Waals surface area (Å²) in [4.78, 5) is 2.37. The van der Waals surface area contributed by atoms with Crippen LogP contribution in [0.4, 0.5) is 17.1 Å². The number of benzene rings is 8. The SMILES string of the molecule is CC1(C)c2ccccc2-c2cc(-c3cccc(N(c4ccc(-c5ccccc5)cc4)c4ccc(-c5ccccc5)cc4)c3)cc(-c3ccccc3)c21. The molecule has 248 valence electrons. The van der Waals surface area contributed by atoms with Gasteiger partial charge >= 0.3 is 0 Å². The summed E-state index contributed by atoms with van der Waals surface area (Å²) in [5.41, 5.74) is 18.4.